The Morgan fingerprint density at radius 3 is 2.71 bits per heavy atom. The van der Waals surface area contributed by atoms with E-state index in [1.165, 1.54) is 7.11 Å². The van der Waals surface area contributed by atoms with Crippen molar-refractivity contribution in [1.29, 1.82) is 0 Å². The zero-order chi connectivity index (χ0) is 13.3. The highest BCUT2D eigenvalue weighted by atomic mass is 32.2. The van der Waals surface area contributed by atoms with E-state index in [0.717, 1.165) is 18.7 Å². The first-order valence-corrected chi connectivity index (χ1v) is 7.11. The van der Waals surface area contributed by atoms with E-state index in [0.29, 0.717) is 6.42 Å². The Kier molecular flexibility index (Phi) is 8.64. The molecule has 0 saturated heterocycles. The van der Waals surface area contributed by atoms with Gasteiger partial charge in [0.1, 0.15) is 5.54 Å². The Morgan fingerprint density at radius 1 is 1.59 bits per heavy atom. The lowest BCUT2D eigenvalue weighted by Gasteiger charge is -2.28. The van der Waals surface area contributed by atoms with Gasteiger partial charge < -0.3 is 15.2 Å². The predicted octanol–water partition coefficient (Wildman–Crippen LogP) is 1.42. The molecule has 2 atom stereocenters. The number of aliphatic hydroxyl groups excluding tert-OH is 1. The number of ether oxygens (including phenoxy) is 1. The molecular weight excluding hydrogens is 238 g/mol. The minimum atomic E-state index is -0.618. The maximum Gasteiger partial charge on any atom is 0.325 e. The van der Waals surface area contributed by atoms with Crippen LogP contribution in [0, 0.1) is 0 Å². The summed E-state index contributed by atoms with van der Waals surface area (Å²) in [6.07, 6.45) is 1.68. The molecule has 0 aliphatic rings. The van der Waals surface area contributed by atoms with Gasteiger partial charge in [0.05, 0.1) is 13.7 Å². The molecule has 0 aliphatic heterocycles. The normalized spacial score (nSPS) is 16.3. The molecule has 4 nitrogen and oxygen atoms in total. The molecule has 0 heterocycles. The largest absolute Gasteiger partial charge is 0.468 e. The average Bonchev–Trinajstić information content (AvgIpc) is 2.34. The Balaban J connectivity index is 4.23. The summed E-state index contributed by atoms with van der Waals surface area (Å²) in [5.41, 5.74) is -0.618. The summed E-state index contributed by atoms with van der Waals surface area (Å²) in [5.74, 6) is 0.604. The Morgan fingerprint density at radius 2 is 2.24 bits per heavy atom. The van der Waals surface area contributed by atoms with Crippen LogP contribution in [0.5, 0.6) is 0 Å². The van der Waals surface area contributed by atoms with Crippen molar-refractivity contribution in [2.45, 2.75) is 44.4 Å². The molecule has 17 heavy (non-hydrogen) atoms. The van der Waals surface area contributed by atoms with Gasteiger partial charge in [-0.05, 0) is 32.1 Å². The first-order chi connectivity index (χ1) is 8.00. The number of nitrogens with one attached hydrogen (secondary N) is 1. The van der Waals surface area contributed by atoms with E-state index in [1.54, 1.807) is 11.8 Å². The highest BCUT2D eigenvalue weighted by Gasteiger charge is 2.33. The summed E-state index contributed by atoms with van der Waals surface area (Å²) < 4.78 is 4.84. The number of hydrogen-bond donors (Lipinski definition) is 2. The number of esters is 1. The minimum absolute atomic E-state index is 0.169. The van der Waals surface area contributed by atoms with Crippen molar-refractivity contribution in [2.24, 2.45) is 0 Å². The van der Waals surface area contributed by atoms with E-state index in [2.05, 4.69) is 12.2 Å². The molecule has 0 saturated carbocycles. The van der Waals surface area contributed by atoms with Crippen molar-refractivity contribution in [3.8, 4) is 0 Å². The van der Waals surface area contributed by atoms with E-state index >= 15 is 0 Å². The van der Waals surface area contributed by atoms with Crippen molar-refractivity contribution in [3.63, 3.8) is 0 Å². The molecule has 2 unspecified atom stereocenters. The summed E-state index contributed by atoms with van der Waals surface area (Å²) in [5, 5.41) is 12.4. The molecule has 0 bridgehead atoms. The molecule has 0 aromatic carbocycles. The first kappa shape index (κ1) is 16.7. The molecule has 0 aromatic rings. The lowest BCUT2D eigenvalue weighted by Crippen LogP contribution is -2.51. The van der Waals surface area contributed by atoms with Gasteiger partial charge in [-0.25, -0.2) is 0 Å². The number of carbonyl (C=O) groups is 1. The van der Waals surface area contributed by atoms with Crippen LogP contribution in [-0.2, 0) is 9.53 Å². The minimum Gasteiger partial charge on any atom is -0.468 e. The van der Waals surface area contributed by atoms with Crippen LogP contribution >= 0.6 is 11.8 Å². The second-order valence-electron chi connectivity index (χ2n) is 4.36. The Hall–Kier alpha value is -0.260. The van der Waals surface area contributed by atoms with Crippen molar-refractivity contribution >= 4 is 17.7 Å². The van der Waals surface area contributed by atoms with Gasteiger partial charge in [0.25, 0.3) is 0 Å². The second-order valence-corrected chi connectivity index (χ2v) is 5.91. The number of aliphatic hydroxyl groups is 1. The van der Waals surface area contributed by atoms with E-state index < -0.39 is 5.54 Å². The predicted molar refractivity (Wildman–Crippen MR) is 72.3 cm³/mol. The zero-order valence-corrected chi connectivity index (χ0v) is 12.1. The van der Waals surface area contributed by atoms with Gasteiger partial charge in [-0.1, -0.05) is 13.8 Å². The zero-order valence-electron chi connectivity index (χ0n) is 11.3. The molecule has 0 aromatic heterocycles. The fourth-order valence-corrected chi connectivity index (χ4v) is 2.44. The van der Waals surface area contributed by atoms with Crippen LogP contribution in [0.4, 0.5) is 0 Å². The van der Waals surface area contributed by atoms with Crippen LogP contribution in [0.1, 0.15) is 33.6 Å². The molecule has 5 heteroatoms. The van der Waals surface area contributed by atoms with E-state index in [1.807, 2.05) is 13.8 Å². The van der Waals surface area contributed by atoms with Crippen molar-refractivity contribution in [3.05, 3.63) is 0 Å². The molecule has 2 N–H and O–H groups in total. The van der Waals surface area contributed by atoms with E-state index in [9.17, 15) is 4.79 Å². The maximum absolute atomic E-state index is 11.7. The summed E-state index contributed by atoms with van der Waals surface area (Å²) >= 11 is 1.67. The smallest absolute Gasteiger partial charge is 0.325 e. The van der Waals surface area contributed by atoms with Crippen LogP contribution in [-0.4, -0.2) is 47.9 Å². The van der Waals surface area contributed by atoms with Gasteiger partial charge in [-0.3, -0.25) is 4.79 Å². The number of hydrogen-bond acceptors (Lipinski definition) is 5. The fourth-order valence-electron chi connectivity index (χ4n) is 1.41. The van der Waals surface area contributed by atoms with Gasteiger partial charge in [0, 0.05) is 5.25 Å². The maximum atomic E-state index is 11.7. The monoisotopic (exact) mass is 263 g/mol. The SMILES string of the molecule is CCCNC(C)(CCSC(C)CO)C(=O)OC. The molecule has 0 aliphatic carbocycles. The first-order valence-electron chi connectivity index (χ1n) is 6.06. The van der Waals surface area contributed by atoms with Crippen LogP contribution < -0.4 is 5.32 Å². The Labute approximate surface area is 108 Å². The third-order valence-corrected chi connectivity index (χ3v) is 3.82. The Bertz CT molecular complexity index is 226. The summed E-state index contributed by atoms with van der Waals surface area (Å²) in [6.45, 7) is 6.87. The van der Waals surface area contributed by atoms with Gasteiger partial charge in [-0.15, -0.1) is 0 Å². The van der Waals surface area contributed by atoms with Crippen molar-refractivity contribution in [1.82, 2.24) is 5.32 Å². The van der Waals surface area contributed by atoms with Crippen LogP contribution in [0.25, 0.3) is 0 Å². The molecule has 0 fully saturated rings. The highest BCUT2D eigenvalue weighted by Crippen LogP contribution is 2.19. The van der Waals surface area contributed by atoms with Crippen LogP contribution in [0.3, 0.4) is 0 Å². The number of carbonyl (C=O) groups excluding carboxylic acids is 1. The number of rotatable bonds is 9. The molecule has 0 radical (unpaired) electrons. The third kappa shape index (κ3) is 6.29. The van der Waals surface area contributed by atoms with Gasteiger partial charge in [0.15, 0.2) is 0 Å². The summed E-state index contributed by atoms with van der Waals surface area (Å²) in [7, 11) is 1.41. The molecular formula is C12H25NO3S. The van der Waals surface area contributed by atoms with E-state index in [4.69, 9.17) is 9.84 Å². The van der Waals surface area contributed by atoms with Crippen molar-refractivity contribution in [2.75, 3.05) is 26.0 Å². The van der Waals surface area contributed by atoms with E-state index in [-0.39, 0.29) is 17.8 Å². The quantitative estimate of drug-likeness (QED) is 0.616. The lowest BCUT2D eigenvalue weighted by molar-refractivity contribution is -0.148. The molecule has 102 valence electrons. The standard InChI is InChI=1S/C12H25NO3S/c1-5-7-13-12(3,11(15)16-4)6-8-17-10(2)9-14/h10,13-14H,5-9H2,1-4H3. The summed E-state index contributed by atoms with van der Waals surface area (Å²) in [6, 6.07) is 0. The van der Waals surface area contributed by atoms with Crippen molar-refractivity contribution < 1.29 is 14.6 Å². The molecule has 0 amide bonds. The molecule has 0 spiro atoms. The number of methoxy groups -OCH3 is 1. The van der Waals surface area contributed by atoms with Gasteiger partial charge in [0.2, 0.25) is 0 Å². The van der Waals surface area contributed by atoms with Crippen LogP contribution in [0.2, 0.25) is 0 Å². The molecule has 0 rings (SSSR count). The van der Waals surface area contributed by atoms with Gasteiger partial charge >= 0.3 is 5.97 Å². The third-order valence-electron chi connectivity index (χ3n) is 2.66. The number of thioether (sulfide) groups is 1. The lowest BCUT2D eigenvalue weighted by atomic mass is 9.99. The van der Waals surface area contributed by atoms with Gasteiger partial charge in [-0.2, -0.15) is 11.8 Å². The topological polar surface area (TPSA) is 58.6 Å². The average molecular weight is 263 g/mol. The fraction of sp³-hybridized carbons (Fsp3) is 0.917. The summed E-state index contributed by atoms with van der Waals surface area (Å²) in [4.78, 5) is 11.7. The van der Waals surface area contributed by atoms with Crippen LogP contribution in [0.15, 0.2) is 0 Å². The highest BCUT2D eigenvalue weighted by molar-refractivity contribution is 7.99. The second kappa shape index (κ2) is 8.78.